The van der Waals surface area contributed by atoms with Crippen molar-refractivity contribution in [2.75, 3.05) is 5.32 Å². The van der Waals surface area contributed by atoms with Crippen LogP contribution in [0, 0.1) is 0 Å². The molecule has 0 fully saturated rings. The molecule has 2 amide bonds. The number of hydrogen-bond donors (Lipinski definition) is 3. The van der Waals surface area contributed by atoms with Gasteiger partial charge in [0.05, 0.1) is 0 Å². The zero-order valence-electron chi connectivity index (χ0n) is 7.79. The molecule has 2 rings (SSSR count). The average Bonchev–Trinajstić information content (AvgIpc) is 2.17. The third-order valence-electron chi connectivity index (χ3n) is 2.37. The van der Waals surface area contributed by atoms with Crippen LogP contribution in [0.25, 0.3) is 0 Å². The Hall–Kier alpha value is -1.71. The Bertz CT molecular complexity index is 351. The van der Waals surface area contributed by atoms with Crippen molar-refractivity contribution in [2.45, 2.75) is 19.0 Å². The maximum atomic E-state index is 10.7. The minimum Gasteiger partial charge on any atom is -0.365 e. The molecule has 1 aromatic rings. The molecule has 0 radical (unpaired) electrons. The SMILES string of the molecule is NC(=O)NC1CCc2ccccc2N1. The normalized spacial score (nSPS) is 19.3. The summed E-state index contributed by atoms with van der Waals surface area (Å²) in [7, 11) is 0. The number of hydrogen-bond acceptors (Lipinski definition) is 2. The van der Waals surface area contributed by atoms with Gasteiger partial charge in [-0.1, -0.05) is 18.2 Å². The molecule has 4 N–H and O–H groups in total. The largest absolute Gasteiger partial charge is 0.365 e. The van der Waals surface area contributed by atoms with E-state index in [9.17, 15) is 4.79 Å². The van der Waals surface area contributed by atoms with Gasteiger partial charge in [0.25, 0.3) is 0 Å². The van der Waals surface area contributed by atoms with Crippen LogP contribution in [-0.2, 0) is 6.42 Å². The minimum atomic E-state index is -0.484. The van der Waals surface area contributed by atoms with Crippen LogP contribution in [0.5, 0.6) is 0 Å². The number of nitrogens with one attached hydrogen (secondary N) is 2. The highest BCUT2D eigenvalue weighted by Crippen LogP contribution is 2.22. The first kappa shape index (κ1) is 8.87. The number of benzene rings is 1. The summed E-state index contributed by atoms with van der Waals surface area (Å²) in [5.41, 5.74) is 7.42. The smallest absolute Gasteiger partial charge is 0.313 e. The van der Waals surface area contributed by atoms with E-state index in [-0.39, 0.29) is 6.17 Å². The fraction of sp³-hybridized carbons (Fsp3) is 0.300. The van der Waals surface area contributed by atoms with Gasteiger partial charge in [0, 0.05) is 5.69 Å². The number of nitrogens with two attached hydrogens (primary N) is 1. The zero-order valence-corrected chi connectivity index (χ0v) is 7.79. The summed E-state index contributed by atoms with van der Waals surface area (Å²) in [5.74, 6) is 0. The molecule has 14 heavy (non-hydrogen) atoms. The Balaban J connectivity index is 2.09. The van der Waals surface area contributed by atoms with Crippen molar-refractivity contribution in [1.29, 1.82) is 0 Å². The lowest BCUT2D eigenvalue weighted by molar-refractivity contribution is 0.245. The molecule has 74 valence electrons. The van der Waals surface area contributed by atoms with Crippen molar-refractivity contribution in [3.63, 3.8) is 0 Å². The fourth-order valence-corrected chi connectivity index (χ4v) is 1.72. The second-order valence-electron chi connectivity index (χ2n) is 3.40. The molecule has 1 heterocycles. The summed E-state index contributed by atoms with van der Waals surface area (Å²) in [5, 5.41) is 5.87. The van der Waals surface area contributed by atoms with Gasteiger partial charge in [-0.05, 0) is 24.5 Å². The van der Waals surface area contributed by atoms with Gasteiger partial charge >= 0.3 is 6.03 Å². The fourth-order valence-electron chi connectivity index (χ4n) is 1.72. The van der Waals surface area contributed by atoms with Gasteiger partial charge in [-0.25, -0.2) is 4.79 Å². The summed E-state index contributed by atoms with van der Waals surface area (Å²) < 4.78 is 0. The quantitative estimate of drug-likeness (QED) is 0.620. The van der Waals surface area contributed by atoms with E-state index >= 15 is 0 Å². The molecule has 0 aromatic heterocycles. The molecule has 0 spiro atoms. The van der Waals surface area contributed by atoms with Gasteiger partial charge in [0.15, 0.2) is 0 Å². The maximum absolute atomic E-state index is 10.7. The highest BCUT2D eigenvalue weighted by atomic mass is 16.2. The van der Waals surface area contributed by atoms with E-state index in [1.54, 1.807) is 0 Å². The Morgan fingerprint density at radius 1 is 1.50 bits per heavy atom. The zero-order chi connectivity index (χ0) is 9.97. The van der Waals surface area contributed by atoms with Crippen molar-refractivity contribution < 1.29 is 4.79 Å². The van der Waals surface area contributed by atoms with E-state index in [2.05, 4.69) is 16.7 Å². The van der Waals surface area contributed by atoms with Gasteiger partial charge < -0.3 is 16.4 Å². The second-order valence-corrected chi connectivity index (χ2v) is 3.40. The second kappa shape index (κ2) is 3.57. The summed E-state index contributed by atoms with van der Waals surface area (Å²) >= 11 is 0. The molecular weight excluding hydrogens is 178 g/mol. The first-order valence-corrected chi connectivity index (χ1v) is 4.66. The molecule has 1 aliphatic rings. The van der Waals surface area contributed by atoms with E-state index in [0.29, 0.717) is 0 Å². The number of fused-ring (bicyclic) bond motifs is 1. The highest BCUT2D eigenvalue weighted by molar-refractivity contribution is 5.72. The van der Waals surface area contributed by atoms with Crippen molar-refractivity contribution >= 4 is 11.7 Å². The maximum Gasteiger partial charge on any atom is 0.313 e. The van der Waals surface area contributed by atoms with Crippen LogP contribution in [0.3, 0.4) is 0 Å². The van der Waals surface area contributed by atoms with Gasteiger partial charge in [-0.2, -0.15) is 0 Å². The Morgan fingerprint density at radius 3 is 3.07 bits per heavy atom. The molecule has 1 unspecified atom stereocenters. The molecule has 0 saturated carbocycles. The first-order valence-electron chi connectivity index (χ1n) is 4.66. The van der Waals surface area contributed by atoms with Crippen molar-refractivity contribution in [3.8, 4) is 0 Å². The van der Waals surface area contributed by atoms with E-state index in [1.165, 1.54) is 5.56 Å². The number of amides is 2. The van der Waals surface area contributed by atoms with Crippen molar-refractivity contribution in [3.05, 3.63) is 29.8 Å². The predicted molar refractivity (Wildman–Crippen MR) is 54.9 cm³/mol. The molecule has 0 bridgehead atoms. The topological polar surface area (TPSA) is 67.2 Å². The number of rotatable bonds is 1. The van der Waals surface area contributed by atoms with E-state index in [1.807, 2.05) is 18.2 Å². The van der Waals surface area contributed by atoms with Gasteiger partial charge in [-0.15, -0.1) is 0 Å². The molecule has 1 atom stereocenters. The molecule has 0 aliphatic carbocycles. The predicted octanol–water partition coefficient (Wildman–Crippen LogP) is 1.04. The molecule has 4 heteroatoms. The molecule has 4 nitrogen and oxygen atoms in total. The number of anilines is 1. The van der Waals surface area contributed by atoms with Crippen LogP contribution >= 0.6 is 0 Å². The lowest BCUT2D eigenvalue weighted by atomic mass is 10.0. The van der Waals surface area contributed by atoms with Gasteiger partial charge in [0.1, 0.15) is 6.17 Å². The lowest BCUT2D eigenvalue weighted by Crippen LogP contribution is -2.45. The standard InChI is InChI=1S/C10H13N3O/c11-10(14)13-9-6-5-7-3-1-2-4-8(7)12-9/h1-4,9,12H,5-6H2,(H3,11,13,14). The van der Waals surface area contributed by atoms with E-state index in [4.69, 9.17) is 5.73 Å². The summed E-state index contributed by atoms with van der Waals surface area (Å²) in [6.07, 6.45) is 1.80. The number of primary amides is 1. The van der Waals surface area contributed by atoms with Crippen molar-refractivity contribution in [2.24, 2.45) is 5.73 Å². The average molecular weight is 191 g/mol. The highest BCUT2D eigenvalue weighted by Gasteiger charge is 2.17. The number of urea groups is 1. The van der Waals surface area contributed by atoms with Crippen molar-refractivity contribution in [1.82, 2.24) is 5.32 Å². The van der Waals surface area contributed by atoms with E-state index < -0.39 is 6.03 Å². The summed E-state index contributed by atoms with van der Waals surface area (Å²) in [4.78, 5) is 10.7. The third-order valence-corrected chi connectivity index (χ3v) is 2.37. The molecule has 0 saturated heterocycles. The monoisotopic (exact) mass is 191 g/mol. The molecular formula is C10H13N3O. The van der Waals surface area contributed by atoms with Crippen LogP contribution in [0.2, 0.25) is 0 Å². The van der Waals surface area contributed by atoms with Crippen LogP contribution in [0.4, 0.5) is 10.5 Å². The molecule has 1 aromatic carbocycles. The van der Waals surface area contributed by atoms with Crippen LogP contribution in [0.1, 0.15) is 12.0 Å². The first-order chi connectivity index (χ1) is 6.75. The lowest BCUT2D eigenvalue weighted by Gasteiger charge is -2.26. The Kier molecular flexibility index (Phi) is 2.26. The van der Waals surface area contributed by atoms with Gasteiger partial charge in [-0.3, -0.25) is 0 Å². The Morgan fingerprint density at radius 2 is 2.29 bits per heavy atom. The summed E-state index contributed by atoms with van der Waals surface area (Å²) in [6, 6.07) is 7.59. The van der Waals surface area contributed by atoms with Crippen LogP contribution in [0.15, 0.2) is 24.3 Å². The van der Waals surface area contributed by atoms with Gasteiger partial charge in [0.2, 0.25) is 0 Å². The summed E-state index contributed by atoms with van der Waals surface area (Å²) in [6.45, 7) is 0. The number of carbonyl (C=O) groups excluding carboxylic acids is 1. The Labute approximate surface area is 82.5 Å². The third kappa shape index (κ3) is 1.79. The number of para-hydroxylation sites is 1. The van der Waals surface area contributed by atoms with Crippen LogP contribution in [-0.4, -0.2) is 12.2 Å². The van der Waals surface area contributed by atoms with Crippen LogP contribution < -0.4 is 16.4 Å². The molecule has 1 aliphatic heterocycles. The minimum absolute atomic E-state index is 0.0394. The van der Waals surface area contributed by atoms with E-state index in [0.717, 1.165) is 18.5 Å². The number of carbonyl (C=O) groups is 1. The number of aryl methyl sites for hydroxylation is 1.